The van der Waals surface area contributed by atoms with Crippen LogP contribution in [0, 0.1) is 17.6 Å². The molecule has 0 aliphatic heterocycles. The maximum absolute atomic E-state index is 15.1. The Labute approximate surface area is 220 Å². The average Bonchev–Trinajstić information content (AvgIpc) is 3.34. The Bertz CT molecular complexity index is 1490. The molecular weight excluding hydrogens is 521 g/mol. The lowest BCUT2D eigenvalue weighted by Gasteiger charge is -2.27. The van der Waals surface area contributed by atoms with E-state index in [0.29, 0.717) is 43.7 Å². The van der Waals surface area contributed by atoms with E-state index in [9.17, 15) is 18.0 Å². The van der Waals surface area contributed by atoms with Crippen molar-refractivity contribution >= 4 is 17.0 Å². The third kappa shape index (κ3) is 5.71. The first kappa shape index (κ1) is 26.6. The minimum atomic E-state index is -4.54. The molecule has 11 heteroatoms. The molecule has 4 aromatic rings. The van der Waals surface area contributed by atoms with Crippen LogP contribution in [0.1, 0.15) is 38.2 Å². The molecule has 0 saturated heterocycles. The number of carbonyl (C=O) groups excluding carboxylic acids is 1. The lowest BCUT2D eigenvalue weighted by atomic mass is 9.87. The number of halogens is 5. The summed E-state index contributed by atoms with van der Waals surface area (Å²) < 4.78 is 80.1. The second-order valence-electron chi connectivity index (χ2n) is 9.36. The van der Waals surface area contributed by atoms with Gasteiger partial charge in [-0.1, -0.05) is 0 Å². The van der Waals surface area contributed by atoms with Crippen molar-refractivity contribution in [3.05, 3.63) is 65.9 Å². The predicted octanol–water partition coefficient (Wildman–Crippen LogP) is 7.09. The number of benzene rings is 2. The maximum atomic E-state index is 15.1. The van der Waals surface area contributed by atoms with Crippen LogP contribution >= 0.6 is 0 Å². The summed E-state index contributed by atoms with van der Waals surface area (Å²) in [6.45, 7) is 2.13. The van der Waals surface area contributed by atoms with E-state index in [0.717, 1.165) is 24.3 Å². The number of rotatable bonds is 6. The van der Waals surface area contributed by atoms with Crippen molar-refractivity contribution in [2.24, 2.45) is 5.92 Å². The van der Waals surface area contributed by atoms with Crippen molar-refractivity contribution in [3.8, 4) is 28.4 Å². The van der Waals surface area contributed by atoms with Crippen LogP contribution < -0.4 is 4.74 Å². The van der Waals surface area contributed by atoms with E-state index in [-0.39, 0.29) is 46.0 Å². The van der Waals surface area contributed by atoms with Crippen LogP contribution in [-0.2, 0) is 15.7 Å². The van der Waals surface area contributed by atoms with Crippen molar-refractivity contribution in [1.29, 1.82) is 0 Å². The number of ether oxygens (including phenoxy) is 2. The third-order valence-electron chi connectivity index (χ3n) is 6.75. The van der Waals surface area contributed by atoms with E-state index in [1.165, 1.54) is 12.3 Å². The Morgan fingerprint density at radius 2 is 1.72 bits per heavy atom. The summed E-state index contributed by atoms with van der Waals surface area (Å²) in [7, 11) is 0. The molecule has 1 fully saturated rings. The minimum Gasteiger partial charge on any atom is -0.474 e. The number of fused-ring (bicyclic) bond motifs is 1. The van der Waals surface area contributed by atoms with Crippen LogP contribution in [0.25, 0.3) is 33.5 Å². The molecule has 5 rings (SSSR count). The number of pyridine rings is 1. The molecule has 1 aliphatic carbocycles. The Balaban J connectivity index is 1.30. The van der Waals surface area contributed by atoms with Crippen molar-refractivity contribution < 1.29 is 36.2 Å². The first-order chi connectivity index (χ1) is 18.6. The molecule has 2 aromatic carbocycles. The van der Waals surface area contributed by atoms with Crippen molar-refractivity contribution in [3.63, 3.8) is 0 Å². The van der Waals surface area contributed by atoms with E-state index in [4.69, 9.17) is 9.47 Å². The Morgan fingerprint density at radius 3 is 2.38 bits per heavy atom. The molecule has 1 N–H and O–H groups in total. The second-order valence-corrected chi connectivity index (χ2v) is 9.36. The summed E-state index contributed by atoms with van der Waals surface area (Å²) in [6.07, 6.45) is -0.617. The van der Waals surface area contributed by atoms with Gasteiger partial charge in [0.2, 0.25) is 5.88 Å². The van der Waals surface area contributed by atoms with Crippen LogP contribution in [0.2, 0.25) is 0 Å². The van der Waals surface area contributed by atoms with Crippen molar-refractivity contribution in [1.82, 2.24) is 15.0 Å². The number of hydrogen-bond acceptors (Lipinski definition) is 5. The monoisotopic (exact) mass is 545 g/mol. The lowest BCUT2D eigenvalue weighted by molar-refractivity contribution is -0.149. The lowest BCUT2D eigenvalue weighted by Crippen LogP contribution is -2.29. The Morgan fingerprint density at radius 1 is 1.00 bits per heavy atom. The molecule has 2 heterocycles. The number of carbonyl (C=O) groups is 1. The molecule has 1 saturated carbocycles. The van der Waals surface area contributed by atoms with E-state index in [2.05, 4.69) is 15.0 Å². The standard InChI is InChI=1S/C28H24F5N3O3/c1-2-38-27(37)15-3-7-18(8-4-15)39-25-10-5-16(14-34-25)19-12-22(30)20(13-21(19)29)26-35-23-9-6-17(28(31,32)33)11-24(23)36-26/h5-6,9-15,18H,2-4,7-8H2,1H3,(H,35,36). The summed E-state index contributed by atoms with van der Waals surface area (Å²) in [5.74, 6) is -1.63. The second kappa shape index (κ2) is 10.6. The number of alkyl halides is 3. The van der Waals surface area contributed by atoms with Crippen LogP contribution in [-0.4, -0.2) is 33.6 Å². The zero-order valence-electron chi connectivity index (χ0n) is 20.8. The van der Waals surface area contributed by atoms with Gasteiger partial charge in [-0.25, -0.2) is 18.7 Å². The van der Waals surface area contributed by atoms with Crippen LogP contribution in [0.5, 0.6) is 5.88 Å². The van der Waals surface area contributed by atoms with Gasteiger partial charge in [0.25, 0.3) is 0 Å². The molecule has 6 nitrogen and oxygen atoms in total. The van der Waals surface area contributed by atoms with Gasteiger partial charge in [-0.3, -0.25) is 4.79 Å². The normalized spacial score (nSPS) is 17.8. The Hall–Kier alpha value is -4.02. The number of aromatic amines is 1. The molecule has 0 amide bonds. The fraction of sp³-hybridized carbons (Fsp3) is 0.321. The van der Waals surface area contributed by atoms with Gasteiger partial charge < -0.3 is 14.5 Å². The van der Waals surface area contributed by atoms with E-state index in [1.54, 1.807) is 19.1 Å². The number of hydrogen-bond donors (Lipinski definition) is 1. The Kier molecular flexibility index (Phi) is 7.24. The summed E-state index contributed by atoms with van der Waals surface area (Å²) in [5.41, 5.74) is -0.575. The van der Waals surface area contributed by atoms with E-state index >= 15 is 8.78 Å². The number of H-pyrrole nitrogens is 1. The zero-order chi connectivity index (χ0) is 27.7. The van der Waals surface area contributed by atoms with Crippen LogP contribution in [0.4, 0.5) is 22.0 Å². The van der Waals surface area contributed by atoms with Gasteiger partial charge in [0.15, 0.2) is 0 Å². The zero-order valence-corrected chi connectivity index (χ0v) is 20.8. The fourth-order valence-electron chi connectivity index (χ4n) is 4.72. The number of imidazole rings is 1. The molecule has 204 valence electrons. The van der Waals surface area contributed by atoms with Gasteiger partial charge in [-0.05, 0) is 69.0 Å². The predicted molar refractivity (Wildman–Crippen MR) is 133 cm³/mol. The largest absolute Gasteiger partial charge is 0.474 e. The van der Waals surface area contributed by atoms with Gasteiger partial charge in [0, 0.05) is 23.4 Å². The van der Waals surface area contributed by atoms with Gasteiger partial charge in [-0.15, -0.1) is 0 Å². The first-order valence-corrected chi connectivity index (χ1v) is 12.5. The minimum absolute atomic E-state index is 0.0410. The molecule has 39 heavy (non-hydrogen) atoms. The SMILES string of the molecule is CCOC(=O)C1CCC(Oc2ccc(-c3cc(F)c(-c4nc5ccc(C(F)(F)F)cc5[nH]4)cc3F)cn2)CC1. The summed E-state index contributed by atoms with van der Waals surface area (Å²) >= 11 is 0. The topological polar surface area (TPSA) is 77.1 Å². The molecule has 0 radical (unpaired) electrons. The third-order valence-corrected chi connectivity index (χ3v) is 6.75. The summed E-state index contributed by atoms with van der Waals surface area (Å²) in [6, 6.07) is 7.98. The quantitative estimate of drug-likeness (QED) is 0.207. The van der Waals surface area contributed by atoms with Crippen molar-refractivity contribution in [2.45, 2.75) is 44.9 Å². The smallest absolute Gasteiger partial charge is 0.416 e. The van der Waals surface area contributed by atoms with Crippen molar-refractivity contribution in [2.75, 3.05) is 6.61 Å². The van der Waals surface area contributed by atoms with Gasteiger partial charge in [0.05, 0.1) is 34.7 Å². The van der Waals surface area contributed by atoms with Gasteiger partial charge >= 0.3 is 12.1 Å². The number of aromatic nitrogens is 3. The molecule has 0 atom stereocenters. The van der Waals surface area contributed by atoms with E-state index < -0.39 is 23.4 Å². The molecular formula is C28H24F5N3O3. The van der Waals surface area contributed by atoms with Gasteiger partial charge in [-0.2, -0.15) is 13.2 Å². The molecule has 0 unspecified atom stereocenters. The molecule has 1 aliphatic rings. The van der Waals surface area contributed by atoms with Gasteiger partial charge in [0.1, 0.15) is 23.6 Å². The molecule has 0 spiro atoms. The average molecular weight is 546 g/mol. The highest BCUT2D eigenvalue weighted by Crippen LogP contribution is 2.34. The van der Waals surface area contributed by atoms with Crippen LogP contribution in [0.3, 0.4) is 0 Å². The summed E-state index contributed by atoms with van der Waals surface area (Å²) in [5, 5.41) is 0. The highest BCUT2D eigenvalue weighted by Gasteiger charge is 2.31. The highest BCUT2D eigenvalue weighted by atomic mass is 19.4. The summed E-state index contributed by atoms with van der Waals surface area (Å²) in [4.78, 5) is 22.9. The molecule has 2 aromatic heterocycles. The number of esters is 1. The number of nitrogens with zero attached hydrogens (tertiary/aromatic N) is 2. The van der Waals surface area contributed by atoms with E-state index in [1.807, 2.05) is 0 Å². The van der Waals surface area contributed by atoms with Crippen LogP contribution in [0.15, 0.2) is 48.7 Å². The highest BCUT2D eigenvalue weighted by molar-refractivity contribution is 5.81. The fourth-order valence-corrected chi connectivity index (χ4v) is 4.72. The molecule has 0 bridgehead atoms. The maximum Gasteiger partial charge on any atom is 0.416 e. The number of nitrogens with one attached hydrogen (secondary N) is 1. The first-order valence-electron chi connectivity index (χ1n) is 12.5.